The van der Waals surface area contributed by atoms with Crippen LogP contribution in [0.5, 0.6) is 0 Å². The number of carbonyl (C=O) groups is 1. The molecule has 0 bridgehead atoms. The molecule has 2 aliphatic carbocycles. The largest absolute Gasteiger partial charge is 0.325 e. The van der Waals surface area contributed by atoms with Crippen LogP contribution in [-0.2, 0) is 40.3 Å². The lowest BCUT2D eigenvalue weighted by Gasteiger charge is -2.30. The Labute approximate surface area is 166 Å². The first kappa shape index (κ1) is 19.4. The molecule has 1 saturated heterocycles. The summed E-state index contributed by atoms with van der Waals surface area (Å²) in [6, 6.07) is 4.38. The molecule has 150 valence electrons. The van der Waals surface area contributed by atoms with Crippen molar-refractivity contribution in [2.45, 2.75) is 56.6 Å². The van der Waals surface area contributed by atoms with Gasteiger partial charge in [-0.25, -0.2) is 8.42 Å². The summed E-state index contributed by atoms with van der Waals surface area (Å²) in [4.78, 5) is 14.6. The molecule has 1 aromatic carbocycles. The molecule has 1 heterocycles. The van der Waals surface area contributed by atoms with Crippen LogP contribution in [0.25, 0.3) is 0 Å². The quantitative estimate of drug-likeness (QED) is 0.762. The number of hydrogen-bond donors (Lipinski definition) is 1. The molecule has 1 aliphatic heterocycles. The third-order valence-electron chi connectivity index (χ3n) is 6.33. The lowest BCUT2D eigenvalue weighted by atomic mass is 9.98. The van der Waals surface area contributed by atoms with Crippen molar-refractivity contribution in [2.24, 2.45) is 0 Å². The second-order valence-electron chi connectivity index (χ2n) is 8.25. The van der Waals surface area contributed by atoms with E-state index in [2.05, 4.69) is 17.5 Å². The highest BCUT2D eigenvalue weighted by Gasteiger charge is 2.33. The van der Waals surface area contributed by atoms with Crippen LogP contribution in [0, 0.1) is 11.3 Å². The number of sulfone groups is 1. The van der Waals surface area contributed by atoms with Crippen molar-refractivity contribution in [1.82, 2.24) is 4.90 Å². The van der Waals surface area contributed by atoms with Gasteiger partial charge >= 0.3 is 0 Å². The Bertz CT molecular complexity index is 901. The molecule has 1 N–H and O–H groups in total. The second kappa shape index (κ2) is 7.84. The average Bonchev–Trinajstić information content (AvgIpc) is 3.30. The van der Waals surface area contributed by atoms with Gasteiger partial charge in [0, 0.05) is 12.2 Å². The molecule has 1 aromatic rings. The zero-order valence-electron chi connectivity index (χ0n) is 16.2. The van der Waals surface area contributed by atoms with E-state index in [0.717, 1.165) is 57.2 Å². The lowest BCUT2D eigenvalue weighted by Crippen LogP contribution is -2.44. The summed E-state index contributed by atoms with van der Waals surface area (Å²) in [6.45, 7) is 1.33. The minimum atomic E-state index is -3.55. The summed E-state index contributed by atoms with van der Waals surface area (Å²) in [6.07, 6.45) is 7.49. The highest BCUT2D eigenvalue weighted by Crippen LogP contribution is 2.38. The minimum absolute atomic E-state index is 0.237. The Kier molecular flexibility index (Phi) is 5.44. The highest BCUT2D eigenvalue weighted by molar-refractivity contribution is 7.92. The van der Waals surface area contributed by atoms with E-state index in [1.807, 2.05) is 4.90 Å². The lowest BCUT2D eigenvalue weighted by molar-refractivity contribution is -0.113. The highest BCUT2D eigenvalue weighted by atomic mass is 32.2. The number of anilines is 1. The number of amides is 1. The molecule has 3 aliphatic rings. The SMILES string of the molecule is N#CCN1CCCC(S(=O)(=O)CC(=O)Nc2c3c(cc4c2CCC4)CCC3)C1. The zero-order chi connectivity index (χ0) is 19.7. The van der Waals surface area contributed by atoms with Gasteiger partial charge in [-0.15, -0.1) is 0 Å². The van der Waals surface area contributed by atoms with Crippen LogP contribution in [0.2, 0.25) is 0 Å². The predicted molar refractivity (Wildman–Crippen MR) is 108 cm³/mol. The van der Waals surface area contributed by atoms with Crippen LogP contribution in [0.3, 0.4) is 0 Å². The van der Waals surface area contributed by atoms with Gasteiger partial charge in [-0.3, -0.25) is 9.69 Å². The van der Waals surface area contributed by atoms with E-state index < -0.39 is 26.7 Å². The Morgan fingerprint density at radius 3 is 2.46 bits per heavy atom. The maximum Gasteiger partial charge on any atom is 0.239 e. The molecule has 0 aromatic heterocycles. The molecule has 7 heteroatoms. The number of hydrogen-bond acceptors (Lipinski definition) is 5. The third kappa shape index (κ3) is 3.81. The summed E-state index contributed by atoms with van der Waals surface area (Å²) in [5.41, 5.74) is 5.96. The number of rotatable bonds is 5. The van der Waals surface area contributed by atoms with Gasteiger partial charge < -0.3 is 5.32 Å². The Morgan fingerprint density at radius 1 is 1.14 bits per heavy atom. The van der Waals surface area contributed by atoms with Crippen molar-refractivity contribution in [3.8, 4) is 6.07 Å². The van der Waals surface area contributed by atoms with E-state index >= 15 is 0 Å². The van der Waals surface area contributed by atoms with E-state index in [9.17, 15) is 13.2 Å². The number of nitrogens with zero attached hydrogens (tertiary/aromatic N) is 2. The first-order valence-electron chi connectivity index (χ1n) is 10.2. The summed E-state index contributed by atoms with van der Waals surface area (Å²) < 4.78 is 25.7. The molecule has 0 spiro atoms. The molecule has 28 heavy (non-hydrogen) atoms. The van der Waals surface area contributed by atoms with Crippen LogP contribution >= 0.6 is 0 Å². The van der Waals surface area contributed by atoms with Gasteiger partial charge in [-0.05, 0) is 80.2 Å². The molecular formula is C21H27N3O3S. The Hall–Kier alpha value is -1.91. The molecule has 0 saturated carbocycles. The average molecular weight is 402 g/mol. The standard InChI is InChI=1S/C21H27N3O3S/c22-9-11-24-10-3-6-17(13-24)28(26,27)14-20(25)23-21-18-7-1-4-15(18)12-16-5-2-8-19(16)21/h12,17H,1-8,10-11,13-14H2,(H,23,25). The van der Waals surface area contributed by atoms with Crippen molar-refractivity contribution in [1.29, 1.82) is 5.26 Å². The van der Waals surface area contributed by atoms with E-state index in [0.29, 0.717) is 13.0 Å². The predicted octanol–water partition coefficient (Wildman–Crippen LogP) is 2.01. The number of fused-ring (bicyclic) bond motifs is 2. The van der Waals surface area contributed by atoms with Crippen molar-refractivity contribution >= 4 is 21.4 Å². The topological polar surface area (TPSA) is 90.3 Å². The van der Waals surface area contributed by atoms with E-state index in [1.165, 1.54) is 22.3 Å². The molecule has 4 rings (SSSR count). The van der Waals surface area contributed by atoms with Crippen LogP contribution in [0.4, 0.5) is 5.69 Å². The number of likely N-dealkylation sites (tertiary alicyclic amines) is 1. The van der Waals surface area contributed by atoms with E-state index in [-0.39, 0.29) is 6.54 Å². The monoisotopic (exact) mass is 401 g/mol. The zero-order valence-corrected chi connectivity index (χ0v) is 17.0. The number of benzene rings is 1. The van der Waals surface area contributed by atoms with Gasteiger partial charge in [-0.2, -0.15) is 5.26 Å². The summed E-state index contributed by atoms with van der Waals surface area (Å²) in [7, 11) is -3.55. The number of aryl methyl sites for hydroxylation is 2. The van der Waals surface area contributed by atoms with Crippen molar-refractivity contribution in [3.05, 3.63) is 28.3 Å². The molecule has 1 atom stereocenters. The van der Waals surface area contributed by atoms with E-state index in [1.54, 1.807) is 0 Å². The van der Waals surface area contributed by atoms with Gasteiger partial charge in [0.15, 0.2) is 9.84 Å². The van der Waals surface area contributed by atoms with Crippen LogP contribution in [0.15, 0.2) is 6.07 Å². The fraction of sp³-hybridized carbons (Fsp3) is 0.619. The van der Waals surface area contributed by atoms with Crippen LogP contribution < -0.4 is 5.32 Å². The van der Waals surface area contributed by atoms with Gasteiger partial charge in [0.1, 0.15) is 5.75 Å². The number of nitrogens with one attached hydrogen (secondary N) is 1. The normalized spacial score (nSPS) is 21.8. The summed E-state index contributed by atoms with van der Waals surface area (Å²) >= 11 is 0. The maximum atomic E-state index is 12.8. The summed E-state index contributed by atoms with van der Waals surface area (Å²) in [5.74, 6) is -0.900. The second-order valence-corrected chi connectivity index (χ2v) is 10.5. The molecule has 1 unspecified atom stereocenters. The first-order valence-corrected chi connectivity index (χ1v) is 12.0. The van der Waals surface area contributed by atoms with Gasteiger partial charge in [0.05, 0.1) is 17.9 Å². The van der Waals surface area contributed by atoms with Crippen molar-refractivity contribution < 1.29 is 13.2 Å². The molecule has 0 radical (unpaired) electrons. The smallest absolute Gasteiger partial charge is 0.239 e. The Balaban J connectivity index is 1.49. The van der Waals surface area contributed by atoms with Crippen molar-refractivity contribution in [2.75, 3.05) is 30.7 Å². The molecule has 6 nitrogen and oxygen atoms in total. The fourth-order valence-corrected chi connectivity index (χ4v) is 6.63. The fourth-order valence-electron chi connectivity index (χ4n) is 4.99. The van der Waals surface area contributed by atoms with Gasteiger partial charge in [0.25, 0.3) is 0 Å². The van der Waals surface area contributed by atoms with Gasteiger partial charge in [0.2, 0.25) is 5.91 Å². The van der Waals surface area contributed by atoms with Gasteiger partial charge in [-0.1, -0.05) is 6.07 Å². The maximum absolute atomic E-state index is 12.8. The van der Waals surface area contributed by atoms with E-state index in [4.69, 9.17) is 5.26 Å². The first-order chi connectivity index (χ1) is 13.5. The Morgan fingerprint density at radius 2 is 1.82 bits per heavy atom. The summed E-state index contributed by atoms with van der Waals surface area (Å²) in [5, 5.41) is 11.3. The molecule has 1 fully saturated rings. The van der Waals surface area contributed by atoms with Crippen LogP contribution in [-0.4, -0.2) is 49.9 Å². The number of carbonyl (C=O) groups excluding carboxylic acids is 1. The third-order valence-corrected chi connectivity index (χ3v) is 8.40. The molecule has 1 amide bonds. The van der Waals surface area contributed by atoms with Crippen molar-refractivity contribution in [3.63, 3.8) is 0 Å². The minimum Gasteiger partial charge on any atom is -0.325 e. The van der Waals surface area contributed by atoms with Crippen LogP contribution in [0.1, 0.15) is 47.9 Å². The number of nitriles is 1. The molecular weight excluding hydrogens is 374 g/mol. The number of piperidine rings is 1.